The van der Waals surface area contributed by atoms with Crippen molar-refractivity contribution in [3.63, 3.8) is 0 Å². The standard InChI is InChI=1S/C16H14ClFN4O2S/c17-15-7-14(5-6-16(15)18)25(23,24)21-8-12-3-1-2-4-13(12)9-22-11-19-10-20-22/h1-7,10-11,21H,8-9H2. The number of aromatic nitrogens is 3. The maximum absolute atomic E-state index is 13.2. The molecule has 0 fully saturated rings. The third-order valence-corrected chi connectivity index (χ3v) is 5.26. The molecule has 0 saturated heterocycles. The van der Waals surface area contributed by atoms with E-state index in [9.17, 15) is 12.8 Å². The largest absolute Gasteiger partial charge is 0.249 e. The Bertz CT molecular complexity index is 978. The van der Waals surface area contributed by atoms with Gasteiger partial charge in [0.05, 0.1) is 16.5 Å². The maximum Gasteiger partial charge on any atom is 0.240 e. The molecule has 1 heterocycles. The fourth-order valence-electron chi connectivity index (χ4n) is 2.27. The van der Waals surface area contributed by atoms with Gasteiger partial charge in [0.1, 0.15) is 18.5 Å². The molecule has 0 unspecified atom stereocenters. The highest BCUT2D eigenvalue weighted by molar-refractivity contribution is 7.89. The summed E-state index contributed by atoms with van der Waals surface area (Å²) in [4.78, 5) is 3.80. The molecule has 9 heteroatoms. The third kappa shape index (κ3) is 4.22. The van der Waals surface area contributed by atoms with Crippen molar-refractivity contribution in [2.24, 2.45) is 0 Å². The van der Waals surface area contributed by atoms with Crippen LogP contribution in [0, 0.1) is 5.82 Å². The molecule has 0 saturated carbocycles. The Morgan fingerprint density at radius 3 is 2.60 bits per heavy atom. The summed E-state index contributed by atoms with van der Waals surface area (Å²) in [5, 5.41) is 3.80. The van der Waals surface area contributed by atoms with E-state index in [-0.39, 0.29) is 16.5 Å². The number of benzene rings is 2. The molecular weight excluding hydrogens is 367 g/mol. The molecule has 3 aromatic rings. The first-order valence-corrected chi connectivity index (χ1v) is 9.16. The molecule has 3 rings (SSSR count). The zero-order chi connectivity index (χ0) is 17.9. The number of hydrogen-bond acceptors (Lipinski definition) is 4. The van der Waals surface area contributed by atoms with Crippen LogP contribution in [0.3, 0.4) is 0 Å². The summed E-state index contributed by atoms with van der Waals surface area (Å²) in [7, 11) is -3.81. The molecule has 0 aliphatic heterocycles. The second kappa shape index (κ2) is 7.30. The van der Waals surface area contributed by atoms with Crippen molar-refractivity contribution in [3.8, 4) is 0 Å². The van der Waals surface area contributed by atoms with Gasteiger partial charge in [0.15, 0.2) is 0 Å². The van der Waals surface area contributed by atoms with Crippen molar-refractivity contribution in [2.45, 2.75) is 18.0 Å². The number of nitrogens with one attached hydrogen (secondary N) is 1. The van der Waals surface area contributed by atoms with E-state index in [1.807, 2.05) is 24.3 Å². The molecule has 0 spiro atoms. The summed E-state index contributed by atoms with van der Waals surface area (Å²) in [5.41, 5.74) is 1.71. The second-order valence-corrected chi connectivity index (χ2v) is 7.44. The van der Waals surface area contributed by atoms with E-state index in [1.54, 1.807) is 11.0 Å². The Morgan fingerprint density at radius 2 is 1.92 bits per heavy atom. The van der Waals surface area contributed by atoms with Gasteiger partial charge in [-0.15, -0.1) is 0 Å². The highest BCUT2D eigenvalue weighted by Gasteiger charge is 2.16. The number of halogens is 2. The van der Waals surface area contributed by atoms with Gasteiger partial charge in [0, 0.05) is 6.54 Å². The monoisotopic (exact) mass is 380 g/mol. The van der Waals surface area contributed by atoms with Gasteiger partial charge < -0.3 is 0 Å². The van der Waals surface area contributed by atoms with Crippen LogP contribution in [0.15, 0.2) is 60.0 Å². The van der Waals surface area contributed by atoms with Crippen LogP contribution in [0.2, 0.25) is 5.02 Å². The molecule has 0 aliphatic carbocycles. The summed E-state index contributed by atoms with van der Waals surface area (Å²) in [6.45, 7) is 0.558. The van der Waals surface area contributed by atoms with Crippen LogP contribution in [0.5, 0.6) is 0 Å². The molecule has 0 aliphatic rings. The Hall–Kier alpha value is -2.29. The van der Waals surface area contributed by atoms with Crippen molar-refractivity contribution in [2.75, 3.05) is 0 Å². The quantitative estimate of drug-likeness (QED) is 0.713. The average molecular weight is 381 g/mol. The summed E-state index contributed by atoms with van der Waals surface area (Å²) >= 11 is 5.66. The fourth-order valence-corrected chi connectivity index (χ4v) is 3.55. The Kier molecular flexibility index (Phi) is 5.12. The minimum Gasteiger partial charge on any atom is -0.249 e. The predicted octanol–water partition coefficient (Wildman–Crippen LogP) is 2.60. The highest BCUT2D eigenvalue weighted by atomic mass is 35.5. The first-order valence-electron chi connectivity index (χ1n) is 7.29. The molecule has 1 aromatic heterocycles. The van der Waals surface area contributed by atoms with Crippen LogP contribution in [0.4, 0.5) is 4.39 Å². The van der Waals surface area contributed by atoms with Gasteiger partial charge in [-0.2, -0.15) is 5.10 Å². The zero-order valence-electron chi connectivity index (χ0n) is 12.9. The van der Waals surface area contributed by atoms with Gasteiger partial charge in [0.25, 0.3) is 0 Å². The van der Waals surface area contributed by atoms with Crippen LogP contribution in [0.1, 0.15) is 11.1 Å². The minimum atomic E-state index is -3.81. The lowest BCUT2D eigenvalue weighted by molar-refractivity contribution is 0.579. The molecule has 0 atom stereocenters. The molecule has 0 radical (unpaired) electrons. The maximum atomic E-state index is 13.2. The summed E-state index contributed by atoms with van der Waals surface area (Å²) in [6.07, 6.45) is 3.02. The topological polar surface area (TPSA) is 76.9 Å². The lowest BCUT2D eigenvalue weighted by Gasteiger charge is -2.11. The van der Waals surface area contributed by atoms with Gasteiger partial charge in [-0.3, -0.25) is 0 Å². The normalized spacial score (nSPS) is 11.6. The predicted molar refractivity (Wildman–Crippen MR) is 91.0 cm³/mol. The average Bonchev–Trinajstić information content (AvgIpc) is 3.09. The number of rotatable bonds is 6. The van der Waals surface area contributed by atoms with E-state index in [0.29, 0.717) is 6.54 Å². The van der Waals surface area contributed by atoms with Crippen LogP contribution in [-0.2, 0) is 23.1 Å². The first-order chi connectivity index (χ1) is 12.0. The highest BCUT2D eigenvalue weighted by Crippen LogP contribution is 2.20. The van der Waals surface area contributed by atoms with Crippen molar-refractivity contribution >= 4 is 21.6 Å². The van der Waals surface area contributed by atoms with E-state index in [4.69, 9.17) is 11.6 Å². The van der Waals surface area contributed by atoms with Crippen LogP contribution in [0.25, 0.3) is 0 Å². The van der Waals surface area contributed by atoms with E-state index < -0.39 is 15.8 Å². The van der Waals surface area contributed by atoms with Gasteiger partial charge in [-0.1, -0.05) is 35.9 Å². The summed E-state index contributed by atoms with van der Waals surface area (Å²) < 4.78 is 42.1. The molecule has 0 bridgehead atoms. The lowest BCUT2D eigenvalue weighted by atomic mass is 10.1. The second-order valence-electron chi connectivity index (χ2n) is 5.26. The number of sulfonamides is 1. The Morgan fingerprint density at radius 1 is 1.16 bits per heavy atom. The van der Waals surface area contributed by atoms with Gasteiger partial charge in [-0.05, 0) is 29.3 Å². The molecular formula is C16H14ClFN4O2S. The van der Waals surface area contributed by atoms with Crippen molar-refractivity contribution in [1.29, 1.82) is 0 Å². The van der Waals surface area contributed by atoms with Crippen LogP contribution in [-0.4, -0.2) is 23.2 Å². The van der Waals surface area contributed by atoms with E-state index in [0.717, 1.165) is 23.3 Å². The van der Waals surface area contributed by atoms with E-state index in [2.05, 4.69) is 14.8 Å². The van der Waals surface area contributed by atoms with Crippen molar-refractivity contribution < 1.29 is 12.8 Å². The van der Waals surface area contributed by atoms with Crippen molar-refractivity contribution in [3.05, 3.63) is 77.1 Å². The summed E-state index contributed by atoms with van der Waals surface area (Å²) in [6, 6.07) is 10.7. The van der Waals surface area contributed by atoms with E-state index >= 15 is 0 Å². The first kappa shape index (κ1) is 17.5. The van der Waals surface area contributed by atoms with Gasteiger partial charge in [0.2, 0.25) is 10.0 Å². The number of hydrogen-bond donors (Lipinski definition) is 1. The lowest BCUT2D eigenvalue weighted by Crippen LogP contribution is -2.24. The summed E-state index contributed by atoms with van der Waals surface area (Å²) in [5.74, 6) is -0.668. The van der Waals surface area contributed by atoms with Gasteiger partial charge >= 0.3 is 0 Å². The molecule has 0 amide bonds. The molecule has 130 valence electrons. The van der Waals surface area contributed by atoms with E-state index in [1.165, 1.54) is 12.4 Å². The zero-order valence-corrected chi connectivity index (χ0v) is 14.5. The fraction of sp³-hybridized carbons (Fsp3) is 0.125. The molecule has 2 aromatic carbocycles. The number of nitrogens with zero attached hydrogens (tertiary/aromatic N) is 3. The minimum absolute atomic E-state index is 0.0855. The third-order valence-electron chi connectivity index (χ3n) is 3.57. The van der Waals surface area contributed by atoms with Gasteiger partial charge in [-0.25, -0.2) is 27.2 Å². The Balaban J connectivity index is 1.78. The van der Waals surface area contributed by atoms with Crippen LogP contribution >= 0.6 is 11.6 Å². The smallest absolute Gasteiger partial charge is 0.240 e. The Labute approximate surface area is 149 Å². The molecule has 6 nitrogen and oxygen atoms in total. The van der Waals surface area contributed by atoms with Crippen molar-refractivity contribution in [1.82, 2.24) is 19.5 Å². The SMILES string of the molecule is O=S(=O)(NCc1ccccc1Cn1cncn1)c1ccc(F)c(Cl)c1. The van der Waals surface area contributed by atoms with Crippen LogP contribution < -0.4 is 4.72 Å². The molecule has 1 N–H and O–H groups in total. The molecule has 25 heavy (non-hydrogen) atoms.